The highest BCUT2D eigenvalue weighted by molar-refractivity contribution is 7.88. The quantitative estimate of drug-likeness (QED) is 0.606. The monoisotopic (exact) mass is 377 g/mol. The molecule has 0 spiro atoms. The van der Waals surface area contributed by atoms with E-state index in [0.717, 1.165) is 19.1 Å². The van der Waals surface area contributed by atoms with Crippen LogP contribution >= 0.6 is 11.6 Å². The number of anilines is 2. The van der Waals surface area contributed by atoms with Crippen LogP contribution in [0.4, 0.5) is 17.2 Å². The molecule has 0 radical (unpaired) electrons. The molecule has 1 aliphatic heterocycles. The van der Waals surface area contributed by atoms with Gasteiger partial charge in [-0.05, 0) is 18.8 Å². The van der Waals surface area contributed by atoms with E-state index >= 15 is 0 Å². The number of hydrogen-bond donors (Lipinski definition) is 1. The van der Waals surface area contributed by atoms with Crippen molar-refractivity contribution in [3.05, 3.63) is 21.3 Å². The maximum Gasteiger partial charge on any atom is 0.335 e. The molecule has 0 bridgehead atoms. The molecule has 0 unspecified atom stereocenters. The van der Waals surface area contributed by atoms with Crippen LogP contribution in [0.1, 0.15) is 12.8 Å². The van der Waals surface area contributed by atoms with Gasteiger partial charge in [0.15, 0.2) is 0 Å². The Hall–Kier alpha value is -1.65. The van der Waals surface area contributed by atoms with Gasteiger partial charge in [0.05, 0.1) is 22.4 Å². The van der Waals surface area contributed by atoms with Crippen LogP contribution in [0.15, 0.2) is 6.20 Å². The van der Waals surface area contributed by atoms with Crippen molar-refractivity contribution in [3.8, 4) is 0 Å². The summed E-state index contributed by atoms with van der Waals surface area (Å²) in [6.07, 6.45) is 4.06. The molecule has 134 valence electrons. The molecule has 0 aliphatic carbocycles. The van der Waals surface area contributed by atoms with Crippen molar-refractivity contribution < 1.29 is 13.3 Å². The van der Waals surface area contributed by atoms with E-state index in [1.165, 1.54) is 17.5 Å². The largest absolute Gasteiger partial charge is 0.378 e. The molecule has 1 aromatic rings. The lowest BCUT2D eigenvalue weighted by atomic mass is 9.97. The van der Waals surface area contributed by atoms with Crippen LogP contribution in [0.3, 0.4) is 0 Å². The van der Waals surface area contributed by atoms with Crippen molar-refractivity contribution in [3.63, 3.8) is 0 Å². The Balaban J connectivity index is 2.27. The molecule has 1 atom stereocenters. The Morgan fingerprint density at radius 2 is 2.25 bits per heavy atom. The summed E-state index contributed by atoms with van der Waals surface area (Å²) < 4.78 is 24.4. The van der Waals surface area contributed by atoms with Crippen molar-refractivity contribution >= 4 is 38.8 Å². The molecule has 1 saturated heterocycles. The number of hydrogen-bond acceptors (Lipinski definition) is 7. The van der Waals surface area contributed by atoms with Gasteiger partial charge in [0.25, 0.3) is 0 Å². The van der Waals surface area contributed by atoms with Crippen molar-refractivity contribution in [2.24, 2.45) is 5.92 Å². The van der Waals surface area contributed by atoms with Crippen LogP contribution in [0, 0.1) is 16.0 Å². The van der Waals surface area contributed by atoms with Gasteiger partial charge in [-0.25, -0.2) is 17.7 Å². The second-order valence-corrected chi connectivity index (χ2v) is 8.44. The molecule has 1 aromatic heterocycles. The predicted molar refractivity (Wildman–Crippen MR) is 92.7 cm³/mol. The molecule has 9 nitrogen and oxygen atoms in total. The molecule has 11 heteroatoms. The summed E-state index contributed by atoms with van der Waals surface area (Å²) in [6.45, 7) is 1.40. The van der Waals surface area contributed by atoms with E-state index in [0.29, 0.717) is 19.6 Å². The van der Waals surface area contributed by atoms with Gasteiger partial charge in [-0.15, -0.1) is 0 Å². The maximum atomic E-state index is 11.6. The minimum absolute atomic E-state index is 0.0449. The lowest BCUT2D eigenvalue weighted by Crippen LogP contribution is -2.41. The predicted octanol–water partition coefficient (Wildman–Crippen LogP) is 1.33. The van der Waals surface area contributed by atoms with Crippen molar-refractivity contribution in [2.75, 3.05) is 43.6 Å². The number of aromatic nitrogens is 1. The van der Waals surface area contributed by atoms with Crippen LogP contribution in [-0.2, 0) is 10.0 Å². The lowest BCUT2D eigenvalue weighted by molar-refractivity contribution is -0.383. The smallest absolute Gasteiger partial charge is 0.335 e. The highest BCUT2D eigenvalue weighted by Gasteiger charge is 2.31. The first-order chi connectivity index (χ1) is 11.1. The van der Waals surface area contributed by atoms with Gasteiger partial charge in [-0.2, -0.15) is 0 Å². The number of nitrogen functional groups attached to an aromatic ring is 1. The first-order valence-electron chi connectivity index (χ1n) is 7.36. The third-order valence-corrected chi connectivity index (χ3v) is 5.67. The summed E-state index contributed by atoms with van der Waals surface area (Å²) in [5, 5.41) is 11.5. The minimum atomic E-state index is -3.27. The van der Waals surface area contributed by atoms with E-state index in [4.69, 9.17) is 17.3 Å². The Bertz CT molecular complexity index is 742. The first kappa shape index (κ1) is 18.7. The highest BCUT2D eigenvalue weighted by Crippen LogP contribution is 2.40. The van der Waals surface area contributed by atoms with Gasteiger partial charge in [0.1, 0.15) is 5.69 Å². The van der Waals surface area contributed by atoms with E-state index in [2.05, 4.69) is 4.98 Å². The Morgan fingerprint density at radius 3 is 2.83 bits per heavy atom. The molecule has 0 amide bonds. The number of nitro groups is 1. The molecule has 2 rings (SSSR count). The van der Waals surface area contributed by atoms with E-state index in [-0.39, 0.29) is 28.1 Å². The summed E-state index contributed by atoms with van der Waals surface area (Å²) in [6, 6.07) is 0. The summed E-state index contributed by atoms with van der Waals surface area (Å²) in [7, 11) is -1.75. The van der Waals surface area contributed by atoms with Gasteiger partial charge in [-0.1, -0.05) is 11.6 Å². The van der Waals surface area contributed by atoms with Gasteiger partial charge in [0.2, 0.25) is 15.8 Å². The SMILES string of the molecule is CN(C[C@H]1CCCN(c2c(Cl)cnc(N)c2[N+](=O)[O-])C1)S(C)(=O)=O. The Labute approximate surface area is 145 Å². The van der Waals surface area contributed by atoms with Crippen molar-refractivity contribution in [1.29, 1.82) is 0 Å². The zero-order valence-electron chi connectivity index (χ0n) is 13.5. The number of rotatable bonds is 5. The number of sulfonamides is 1. The zero-order valence-corrected chi connectivity index (χ0v) is 15.0. The highest BCUT2D eigenvalue weighted by atomic mass is 35.5. The van der Waals surface area contributed by atoms with E-state index in [9.17, 15) is 18.5 Å². The fraction of sp³-hybridized carbons (Fsp3) is 0.615. The van der Waals surface area contributed by atoms with Crippen LogP contribution in [0.25, 0.3) is 0 Å². The van der Waals surface area contributed by atoms with Crippen molar-refractivity contribution in [1.82, 2.24) is 9.29 Å². The average Bonchev–Trinajstić information content (AvgIpc) is 2.48. The second-order valence-electron chi connectivity index (χ2n) is 5.94. The fourth-order valence-electron chi connectivity index (χ4n) is 2.88. The van der Waals surface area contributed by atoms with E-state index in [1.807, 2.05) is 0 Å². The van der Waals surface area contributed by atoms with Crippen LogP contribution in [0.2, 0.25) is 5.02 Å². The normalized spacial score (nSPS) is 18.8. The average molecular weight is 378 g/mol. The number of piperidine rings is 1. The molecule has 1 aliphatic rings. The Kier molecular flexibility index (Phi) is 5.51. The molecule has 1 fully saturated rings. The molecular weight excluding hydrogens is 358 g/mol. The lowest BCUT2D eigenvalue weighted by Gasteiger charge is -2.35. The topological polar surface area (TPSA) is 123 Å². The number of nitrogens with two attached hydrogens (primary N) is 1. The summed E-state index contributed by atoms with van der Waals surface area (Å²) >= 11 is 6.13. The van der Waals surface area contributed by atoms with Gasteiger partial charge < -0.3 is 10.6 Å². The Morgan fingerprint density at radius 1 is 1.58 bits per heavy atom. The third kappa shape index (κ3) is 4.05. The molecule has 2 N–H and O–H groups in total. The van der Waals surface area contributed by atoms with Crippen molar-refractivity contribution in [2.45, 2.75) is 12.8 Å². The second kappa shape index (κ2) is 7.08. The number of halogens is 1. The number of nitrogens with zero attached hydrogens (tertiary/aromatic N) is 4. The summed E-state index contributed by atoms with van der Waals surface area (Å²) in [5.41, 5.74) is 5.59. The van der Waals surface area contributed by atoms with E-state index < -0.39 is 14.9 Å². The summed E-state index contributed by atoms with van der Waals surface area (Å²) in [5.74, 6) is -0.140. The number of pyridine rings is 1. The van der Waals surface area contributed by atoms with Gasteiger partial charge in [0, 0.05) is 26.7 Å². The van der Waals surface area contributed by atoms with Crippen LogP contribution in [-0.4, -0.2) is 55.6 Å². The molecule has 0 aromatic carbocycles. The minimum Gasteiger partial charge on any atom is -0.378 e. The maximum absolute atomic E-state index is 11.6. The third-order valence-electron chi connectivity index (χ3n) is 4.11. The standard InChI is InChI=1S/C13H20ClN5O4S/c1-17(24(2,22)23)7-9-4-3-5-18(8-9)11-10(14)6-16-13(15)12(11)19(20)21/h6,9H,3-5,7-8H2,1-2H3,(H2,15,16)/t9-/m1/s1. The van der Waals surface area contributed by atoms with Crippen LogP contribution in [0.5, 0.6) is 0 Å². The van der Waals surface area contributed by atoms with E-state index in [1.54, 1.807) is 4.90 Å². The fourth-order valence-corrected chi connectivity index (χ4v) is 3.62. The van der Waals surface area contributed by atoms with Gasteiger partial charge >= 0.3 is 5.69 Å². The molecular formula is C13H20ClN5O4S. The molecule has 2 heterocycles. The first-order valence-corrected chi connectivity index (χ1v) is 9.58. The van der Waals surface area contributed by atoms with Gasteiger partial charge in [-0.3, -0.25) is 10.1 Å². The summed E-state index contributed by atoms with van der Waals surface area (Å²) in [4.78, 5) is 16.3. The molecule has 0 saturated carbocycles. The van der Waals surface area contributed by atoms with Crippen LogP contribution < -0.4 is 10.6 Å². The molecule has 24 heavy (non-hydrogen) atoms. The zero-order chi connectivity index (χ0) is 18.1.